The lowest BCUT2D eigenvalue weighted by atomic mass is 10.2. The van der Waals surface area contributed by atoms with E-state index >= 15 is 0 Å². The number of aromatic nitrogens is 1. The number of anilines is 2. The molecule has 0 unspecified atom stereocenters. The molecular weight excluding hydrogens is 396 g/mol. The smallest absolute Gasteiger partial charge is 0.310 e. The fraction of sp³-hybridized carbons (Fsp3) is 0.263. The van der Waals surface area contributed by atoms with Gasteiger partial charge in [0.25, 0.3) is 5.91 Å². The predicted octanol–water partition coefficient (Wildman–Crippen LogP) is 3.06. The summed E-state index contributed by atoms with van der Waals surface area (Å²) in [6.07, 6.45) is 0. The quantitative estimate of drug-likeness (QED) is 0.488. The monoisotopic (exact) mass is 414 g/mol. The standard InChI is InChI=1S/C19H18N4O5S/c24-18(12-28-16-4-2-1-3-15(16)23(25)26)21-19-20-14-6-5-13(11-17(14)29-19)22-7-9-27-10-8-22/h1-6,11H,7-10,12H2,(H,20,21,24). The van der Waals surface area contributed by atoms with Crippen molar-refractivity contribution in [2.24, 2.45) is 0 Å². The SMILES string of the molecule is O=C(COc1ccccc1[N+](=O)[O-])Nc1nc2ccc(N3CCOCC3)cc2s1. The topological polar surface area (TPSA) is 107 Å². The van der Waals surface area contributed by atoms with Crippen LogP contribution in [0.2, 0.25) is 0 Å². The van der Waals surface area contributed by atoms with Gasteiger partial charge in [-0.15, -0.1) is 0 Å². The Morgan fingerprint density at radius 3 is 2.86 bits per heavy atom. The maximum absolute atomic E-state index is 12.2. The van der Waals surface area contributed by atoms with Crippen molar-refractivity contribution in [2.45, 2.75) is 0 Å². The van der Waals surface area contributed by atoms with E-state index in [0.29, 0.717) is 18.3 Å². The zero-order chi connectivity index (χ0) is 20.2. The third-order valence-corrected chi connectivity index (χ3v) is 5.35. The van der Waals surface area contributed by atoms with Crippen molar-refractivity contribution in [3.05, 3.63) is 52.6 Å². The molecule has 1 aliphatic rings. The van der Waals surface area contributed by atoms with Gasteiger partial charge in [0.05, 0.1) is 28.4 Å². The van der Waals surface area contributed by atoms with Gasteiger partial charge in [-0.2, -0.15) is 0 Å². The van der Waals surface area contributed by atoms with E-state index in [1.54, 1.807) is 6.07 Å². The Labute approximate surface area is 170 Å². The second kappa shape index (κ2) is 8.41. The van der Waals surface area contributed by atoms with Crippen LogP contribution in [0.4, 0.5) is 16.5 Å². The van der Waals surface area contributed by atoms with E-state index in [1.807, 2.05) is 12.1 Å². The fourth-order valence-electron chi connectivity index (χ4n) is 3.01. The highest BCUT2D eigenvalue weighted by atomic mass is 32.1. The number of nitro groups is 1. The van der Waals surface area contributed by atoms with Crippen LogP contribution in [0, 0.1) is 10.1 Å². The summed E-state index contributed by atoms with van der Waals surface area (Å²) >= 11 is 1.37. The van der Waals surface area contributed by atoms with Gasteiger partial charge in [-0.25, -0.2) is 4.98 Å². The highest BCUT2D eigenvalue weighted by Crippen LogP contribution is 2.30. The molecule has 150 valence electrons. The number of fused-ring (bicyclic) bond motifs is 1. The summed E-state index contributed by atoms with van der Waals surface area (Å²) < 4.78 is 11.7. The minimum absolute atomic E-state index is 0.0482. The van der Waals surface area contributed by atoms with Crippen molar-refractivity contribution in [1.29, 1.82) is 0 Å². The van der Waals surface area contributed by atoms with E-state index in [4.69, 9.17) is 9.47 Å². The van der Waals surface area contributed by atoms with Crippen LogP contribution in [0.15, 0.2) is 42.5 Å². The third-order valence-electron chi connectivity index (χ3n) is 4.42. The maximum Gasteiger partial charge on any atom is 0.310 e. The molecule has 1 fully saturated rings. The van der Waals surface area contributed by atoms with Gasteiger partial charge in [0.2, 0.25) is 0 Å². The van der Waals surface area contributed by atoms with E-state index in [2.05, 4.69) is 21.3 Å². The number of benzene rings is 2. The number of nitrogens with one attached hydrogen (secondary N) is 1. The lowest BCUT2D eigenvalue weighted by Gasteiger charge is -2.28. The molecule has 2 heterocycles. The lowest BCUT2D eigenvalue weighted by Crippen LogP contribution is -2.36. The first-order valence-electron chi connectivity index (χ1n) is 8.99. The van der Waals surface area contributed by atoms with Crippen LogP contribution in [0.1, 0.15) is 0 Å². The van der Waals surface area contributed by atoms with Crippen molar-refractivity contribution in [2.75, 3.05) is 43.1 Å². The summed E-state index contributed by atoms with van der Waals surface area (Å²) in [4.78, 5) is 29.3. The number of hydrogen-bond donors (Lipinski definition) is 1. The van der Waals surface area contributed by atoms with Crippen LogP contribution in [0.3, 0.4) is 0 Å². The first kappa shape index (κ1) is 19.1. The Morgan fingerprint density at radius 2 is 2.07 bits per heavy atom. The molecule has 1 aromatic heterocycles. The summed E-state index contributed by atoms with van der Waals surface area (Å²) in [5.41, 5.74) is 1.71. The number of para-hydroxylation sites is 2. The number of nitro benzene ring substituents is 1. The number of ether oxygens (including phenoxy) is 2. The molecule has 0 atom stereocenters. The number of hydrogen-bond acceptors (Lipinski definition) is 8. The van der Waals surface area contributed by atoms with Crippen LogP contribution < -0.4 is 15.0 Å². The number of rotatable bonds is 6. The molecule has 0 radical (unpaired) electrons. The molecule has 1 saturated heterocycles. The van der Waals surface area contributed by atoms with Crippen molar-refractivity contribution in [1.82, 2.24) is 4.98 Å². The number of carbonyl (C=O) groups is 1. The van der Waals surface area contributed by atoms with E-state index in [1.165, 1.54) is 29.5 Å². The van der Waals surface area contributed by atoms with Gasteiger partial charge in [-0.3, -0.25) is 20.2 Å². The summed E-state index contributed by atoms with van der Waals surface area (Å²) in [6.45, 7) is 2.76. The van der Waals surface area contributed by atoms with E-state index in [-0.39, 0.29) is 18.0 Å². The van der Waals surface area contributed by atoms with Crippen molar-refractivity contribution >= 4 is 44.0 Å². The van der Waals surface area contributed by atoms with E-state index < -0.39 is 10.8 Å². The zero-order valence-corrected chi connectivity index (χ0v) is 16.2. The van der Waals surface area contributed by atoms with Crippen LogP contribution in [-0.4, -0.2) is 48.7 Å². The largest absolute Gasteiger partial charge is 0.477 e. The third kappa shape index (κ3) is 4.44. The highest BCUT2D eigenvalue weighted by molar-refractivity contribution is 7.22. The molecule has 1 amide bonds. The fourth-order valence-corrected chi connectivity index (χ4v) is 3.93. The molecule has 10 heteroatoms. The van der Waals surface area contributed by atoms with Crippen LogP contribution in [0.5, 0.6) is 5.75 Å². The van der Waals surface area contributed by atoms with Crippen LogP contribution >= 0.6 is 11.3 Å². The molecule has 0 saturated carbocycles. The molecule has 4 rings (SSSR count). The number of amides is 1. The zero-order valence-electron chi connectivity index (χ0n) is 15.4. The number of carbonyl (C=O) groups excluding carboxylic acids is 1. The van der Waals surface area contributed by atoms with Crippen molar-refractivity contribution in [3.8, 4) is 5.75 Å². The number of thiazole rings is 1. The van der Waals surface area contributed by atoms with Gasteiger partial charge in [0.15, 0.2) is 17.5 Å². The first-order chi connectivity index (χ1) is 14.1. The molecule has 1 aliphatic heterocycles. The summed E-state index contributed by atoms with van der Waals surface area (Å²) in [5, 5.41) is 14.1. The molecule has 9 nitrogen and oxygen atoms in total. The lowest BCUT2D eigenvalue weighted by molar-refractivity contribution is -0.385. The molecule has 1 N–H and O–H groups in total. The minimum Gasteiger partial charge on any atom is -0.477 e. The van der Waals surface area contributed by atoms with Crippen molar-refractivity contribution < 1.29 is 19.2 Å². The van der Waals surface area contributed by atoms with Gasteiger partial charge in [-0.05, 0) is 24.3 Å². The number of morpholine rings is 1. The molecule has 3 aromatic rings. The van der Waals surface area contributed by atoms with E-state index in [9.17, 15) is 14.9 Å². The molecule has 29 heavy (non-hydrogen) atoms. The van der Waals surface area contributed by atoms with E-state index in [0.717, 1.165) is 29.0 Å². The van der Waals surface area contributed by atoms with Gasteiger partial charge >= 0.3 is 5.69 Å². The van der Waals surface area contributed by atoms with Gasteiger partial charge in [-0.1, -0.05) is 23.5 Å². The molecule has 2 aromatic carbocycles. The second-order valence-electron chi connectivity index (χ2n) is 6.33. The first-order valence-corrected chi connectivity index (χ1v) is 9.81. The van der Waals surface area contributed by atoms with Crippen LogP contribution in [-0.2, 0) is 9.53 Å². The van der Waals surface area contributed by atoms with Gasteiger partial charge in [0, 0.05) is 24.8 Å². The molecule has 0 bridgehead atoms. The Bertz CT molecular complexity index is 1050. The Hall–Kier alpha value is -3.24. The maximum atomic E-state index is 12.2. The van der Waals surface area contributed by atoms with Gasteiger partial charge < -0.3 is 14.4 Å². The Morgan fingerprint density at radius 1 is 1.28 bits per heavy atom. The second-order valence-corrected chi connectivity index (χ2v) is 7.36. The molecule has 0 aliphatic carbocycles. The van der Waals surface area contributed by atoms with Crippen molar-refractivity contribution in [3.63, 3.8) is 0 Å². The Balaban J connectivity index is 1.41. The molecular formula is C19H18N4O5S. The number of nitrogens with zero attached hydrogens (tertiary/aromatic N) is 3. The predicted molar refractivity (Wildman–Crippen MR) is 110 cm³/mol. The average molecular weight is 414 g/mol. The van der Waals surface area contributed by atoms with Gasteiger partial charge in [0.1, 0.15) is 0 Å². The van der Waals surface area contributed by atoms with Crippen LogP contribution in [0.25, 0.3) is 10.2 Å². The highest BCUT2D eigenvalue weighted by Gasteiger charge is 2.16. The summed E-state index contributed by atoms with van der Waals surface area (Å²) in [6, 6.07) is 11.9. The minimum atomic E-state index is -0.549. The Kier molecular flexibility index (Phi) is 5.54. The normalized spacial score (nSPS) is 14.0. The average Bonchev–Trinajstić information content (AvgIpc) is 3.14. The summed E-state index contributed by atoms with van der Waals surface area (Å²) in [7, 11) is 0. The molecule has 0 spiro atoms. The summed E-state index contributed by atoms with van der Waals surface area (Å²) in [5.74, 6) is -0.386.